The van der Waals surface area contributed by atoms with E-state index in [1.807, 2.05) is 35.2 Å². The lowest BCUT2D eigenvalue weighted by Crippen LogP contribution is -2.41. The van der Waals surface area contributed by atoms with Crippen LogP contribution in [-0.4, -0.2) is 19.1 Å². The van der Waals surface area contributed by atoms with Gasteiger partial charge in [0, 0.05) is 18.8 Å². The number of benzene rings is 3. The van der Waals surface area contributed by atoms with E-state index >= 15 is 0 Å². The number of fused-ring (bicyclic) bond motifs is 1. The molecule has 1 fully saturated rings. The Labute approximate surface area is 184 Å². The number of amides is 2. The molecule has 0 spiro atoms. The van der Waals surface area contributed by atoms with Crippen LogP contribution in [0.2, 0.25) is 0 Å². The van der Waals surface area contributed by atoms with Gasteiger partial charge in [-0.15, -0.1) is 0 Å². The molecule has 2 amide bonds. The molecular formula is C27H29N3O. The normalized spacial score (nSPS) is 16.3. The first-order valence-electron chi connectivity index (χ1n) is 11.4. The Hall–Kier alpha value is -3.27. The van der Waals surface area contributed by atoms with Crippen molar-refractivity contribution in [2.45, 2.75) is 38.0 Å². The van der Waals surface area contributed by atoms with Gasteiger partial charge in [-0.1, -0.05) is 67.8 Å². The molecule has 4 nitrogen and oxygen atoms in total. The molecule has 0 atom stereocenters. The fraction of sp³-hybridized carbons (Fsp3) is 0.296. The maximum Gasteiger partial charge on any atom is 0.326 e. The van der Waals surface area contributed by atoms with Crippen molar-refractivity contribution >= 4 is 23.1 Å². The van der Waals surface area contributed by atoms with E-state index in [4.69, 9.17) is 0 Å². The van der Waals surface area contributed by atoms with Crippen LogP contribution in [0.1, 0.15) is 43.6 Å². The fourth-order valence-electron chi connectivity index (χ4n) is 4.82. The zero-order chi connectivity index (χ0) is 21.0. The van der Waals surface area contributed by atoms with Gasteiger partial charge in [-0.2, -0.15) is 0 Å². The Morgan fingerprint density at radius 1 is 0.871 bits per heavy atom. The number of nitrogens with zero attached hydrogens (tertiary/aromatic N) is 1. The molecule has 0 saturated heterocycles. The highest BCUT2D eigenvalue weighted by molar-refractivity contribution is 6.04. The Balaban J connectivity index is 1.34. The van der Waals surface area contributed by atoms with E-state index in [9.17, 15) is 4.79 Å². The molecule has 1 aliphatic carbocycles. The highest BCUT2D eigenvalue weighted by Gasteiger charge is 2.23. The summed E-state index contributed by atoms with van der Waals surface area (Å²) in [6.07, 6.45) is 6.75. The summed E-state index contributed by atoms with van der Waals surface area (Å²) in [6, 6.07) is 24.9. The average molecular weight is 412 g/mol. The summed E-state index contributed by atoms with van der Waals surface area (Å²) in [5.74, 6) is 0.727. The number of carbonyl (C=O) groups is 1. The molecule has 1 aliphatic heterocycles. The van der Waals surface area contributed by atoms with E-state index in [1.54, 1.807) is 0 Å². The molecule has 0 bridgehead atoms. The minimum absolute atomic E-state index is 0.0986. The van der Waals surface area contributed by atoms with Crippen molar-refractivity contribution in [3.8, 4) is 11.1 Å². The molecule has 4 heteroatoms. The second-order valence-electron chi connectivity index (χ2n) is 8.56. The number of urea groups is 1. The topological polar surface area (TPSA) is 44.4 Å². The molecule has 2 aliphatic rings. The summed E-state index contributed by atoms with van der Waals surface area (Å²) < 4.78 is 0. The van der Waals surface area contributed by atoms with Crippen LogP contribution in [0.3, 0.4) is 0 Å². The van der Waals surface area contributed by atoms with Crippen LogP contribution in [0.5, 0.6) is 0 Å². The number of para-hydroxylation sites is 1. The van der Waals surface area contributed by atoms with E-state index in [-0.39, 0.29) is 6.03 Å². The van der Waals surface area contributed by atoms with Gasteiger partial charge >= 0.3 is 6.03 Å². The van der Waals surface area contributed by atoms with Crippen LogP contribution in [0.25, 0.3) is 11.1 Å². The summed E-state index contributed by atoms with van der Waals surface area (Å²) in [5, 5.41) is 6.46. The predicted octanol–water partition coefficient (Wildman–Crippen LogP) is 6.87. The molecule has 1 heterocycles. The van der Waals surface area contributed by atoms with Gasteiger partial charge in [0.05, 0.1) is 11.4 Å². The summed E-state index contributed by atoms with van der Waals surface area (Å²) >= 11 is 0. The highest BCUT2D eigenvalue weighted by atomic mass is 16.2. The lowest BCUT2D eigenvalue weighted by atomic mass is 9.83. The molecule has 158 valence electrons. The lowest BCUT2D eigenvalue weighted by molar-refractivity contribution is 0.257. The summed E-state index contributed by atoms with van der Waals surface area (Å²) in [6.45, 7) is 1.38. The Kier molecular flexibility index (Phi) is 5.61. The van der Waals surface area contributed by atoms with Gasteiger partial charge in [-0.3, -0.25) is 4.90 Å². The third-order valence-electron chi connectivity index (χ3n) is 6.53. The van der Waals surface area contributed by atoms with Crippen LogP contribution in [0.15, 0.2) is 72.8 Å². The molecule has 0 unspecified atom stereocenters. The lowest BCUT2D eigenvalue weighted by Gasteiger charge is -2.31. The highest BCUT2D eigenvalue weighted by Crippen LogP contribution is 2.36. The van der Waals surface area contributed by atoms with E-state index in [1.165, 1.54) is 48.8 Å². The Morgan fingerprint density at radius 2 is 1.61 bits per heavy atom. The molecule has 0 radical (unpaired) electrons. The maximum absolute atomic E-state index is 12.9. The predicted molar refractivity (Wildman–Crippen MR) is 129 cm³/mol. The molecule has 31 heavy (non-hydrogen) atoms. The second-order valence-corrected chi connectivity index (χ2v) is 8.56. The number of rotatable bonds is 3. The third-order valence-corrected chi connectivity index (χ3v) is 6.53. The first-order chi connectivity index (χ1) is 15.3. The zero-order valence-electron chi connectivity index (χ0n) is 17.8. The van der Waals surface area contributed by atoms with Crippen molar-refractivity contribution in [2.24, 2.45) is 0 Å². The second kappa shape index (κ2) is 8.84. The minimum atomic E-state index is -0.0986. The maximum atomic E-state index is 12.9. The van der Waals surface area contributed by atoms with Gasteiger partial charge in [0.2, 0.25) is 0 Å². The zero-order valence-corrected chi connectivity index (χ0v) is 17.8. The van der Waals surface area contributed by atoms with E-state index < -0.39 is 0 Å². The van der Waals surface area contributed by atoms with Gasteiger partial charge in [0.25, 0.3) is 0 Å². The summed E-state index contributed by atoms with van der Waals surface area (Å²) in [4.78, 5) is 14.7. The van der Waals surface area contributed by atoms with Gasteiger partial charge in [-0.05, 0) is 59.7 Å². The van der Waals surface area contributed by atoms with Crippen molar-refractivity contribution < 1.29 is 4.79 Å². The average Bonchev–Trinajstić information content (AvgIpc) is 2.84. The first kappa shape index (κ1) is 19.7. The molecule has 2 N–H and O–H groups in total. The molecular weight excluding hydrogens is 382 g/mol. The fourth-order valence-corrected chi connectivity index (χ4v) is 4.82. The van der Waals surface area contributed by atoms with Gasteiger partial charge in [0.1, 0.15) is 0 Å². The monoisotopic (exact) mass is 411 g/mol. The quantitative estimate of drug-likeness (QED) is 0.494. The molecule has 0 aromatic heterocycles. The van der Waals surface area contributed by atoms with E-state index in [2.05, 4.69) is 53.1 Å². The molecule has 3 aromatic rings. The van der Waals surface area contributed by atoms with Gasteiger partial charge in [-0.25, -0.2) is 4.79 Å². The Bertz CT molecular complexity index is 1040. The largest absolute Gasteiger partial charge is 0.382 e. The third kappa shape index (κ3) is 4.29. The number of carbonyl (C=O) groups excluding carboxylic acids is 1. The van der Waals surface area contributed by atoms with Crippen LogP contribution >= 0.6 is 0 Å². The minimum Gasteiger partial charge on any atom is -0.382 e. The van der Waals surface area contributed by atoms with Gasteiger partial charge < -0.3 is 10.6 Å². The van der Waals surface area contributed by atoms with Crippen molar-refractivity contribution in [3.05, 3.63) is 78.4 Å². The first-order valence-corrected chi connectivity index (χ1v) is 11.4. The van der Waals surface area contributed by atoms with E-state index in [0.717, 1.165) is 29.5 Å². The van der Waals surface area contributed by atoms with Crippen LogP contribution < -0.4 is 15.5 Å². The van der Waals surface area contributed by atoms with Crippen molar-refractivity contribution in [2.75, 3.05) is 28.6 Å². The van der Waals surface area contributed by atoms with Crippen LogP contribution in [0, 0.1) is 0 Å². The van der Waals surface area contributed by atoms with Crippen molar-refractivity contribution in [3.63, 3.8) is 0 Å². The van der Waals surface area contributed by atoms with Gasteiger partial charge in [0.15, 0.2) is 0 Å². The van der Waals surface area contributed by atoms with Crippen LogP contribution in [0.4, 0.5) is 21.9 Å². The molecule has 3 aromatic carbocycles. The number of hydrogen-bond acceptors (Lipinski definition) is 2. The Morgan fingerprint density at radius 3 is 2.39 bits per heavy atom. The smallest absolute Gasteiger partial charge is 0.326 e. The number of hydrogen-bond donors (Lipinski definition) is 2. The number of nitrogens with one attached hydrogen (secondary N) is 2. The SMILES string of the molecule is O=C(Nc1ccccc1)N1CCNc2cc(-c3ccc(C4CCCCC4)cc3)ccc21. The molecule has 1 saturated carbocycles. The van der Waals surface area contributed by atoms with Crippen molar-refractivity contribution in [1.82, 2.24) is 0 Å². The summed E-state index contributed by atoms with van der Waals surface area (Å²) in [7, 11) is 0. The number of anilines is 3. The van der Waals surface area contributed by atoms with Crippen LogP contribution in [-0.2, 0) is 0 Å². The van der Waals surface area contributed by atoms with Crippen molar-refractivity contribution in [1.29, 1.82) is 0 Å². The summed E-state index contributed by atoms with van der Waals surface area (Å²) in [5.41, 5.74) is 6.60. The standard InChI is InChI=1S/C27H29N3O/c31-27(29-24-9-5-2-6-10-24)30-18-17-28-25-19-23(15-16-26(25)30)22-13-11-21(12-14-22)20-7-3-1-4-8-20/h2,5-6,9-16,19-20,28H,1,3-4,7-8,17-18H2,(H,29,31). The van der Waals surface area contributed by atoms with E-state index in [0.29, 0.717) is 6.54 Å². The molecule has 5 rings (SSSR count).